The molecule has 5 rings (SSSR count). The molecule has 0 spiro atoms. The van der Waals surface area contributed by atoms with Gasteiger partial charge in [-0.1, -0.05) is 62.6 Å². The van der Waals surface area contributed by atoms with E-state index in [2.05, 4.69) is 43.5 Å². The van der Waals surface area contributed by atoms with E-state index in [0.717, 1.165) is 13.6 Å². The second-order valence-electron chi connectivity index (χ2n) is 9.58. The predicted molar refractivity (Wildman–Crippen MR) is 188 cm³/mol. The molecule has 0 aliphatic carbocycles. The molecule has 0 amide bonds. The van der Waals surface area contributed by atoms with Gasteiger partial charge in [0.1, 0.15) is 12.4 Å². The molecule has 0 radical (unpaired) electrons. The minimum Gasteiger partial charge on any atom is -0.490 e. The number of carbonyl (C=O) groups excluding carboxylic acids is 1. The maximum Gasteiger partial charge on any atom is 0.337 e. The van der Waals surface area contributed by atoms with Crippen LogP contribution >= 0.6 is 73.1 Å². The zero-order valence-electron chi connectivity index (χ0n) is 24.2. The summed E-state index contributed by atoms with van der Waals surface area (Å²) >= 11 is 19.4. The van der Waals surface area contributed by atoms with Crippen LogP contribution in [-0.4, -0.2) is 30.9 Å². The number of halogens is 4. The number of aromatic nitrogens is 1. The maximum absolute atomic E-state index is 14.1. The van der Waals surface area contributed by atoms with E-state index in [4.69, 9.17) is 42.1 Å². The molecule has 4 aromatic rings. The highest BCUT2D eigenvalue weighted by molar-refractivity contribution is 14.1. The Kier molecular flexibility index (Phi) is 11.0. The van der Waals surface area contributed by atoms with Crippen molar-refractivity contribution < 1.29 is 23.7 Å². The lowest BCUT2D eigenvalue weighted by atomic mass is 9.97. The number of benzene rings is 3. The summed E-state index contributed by atoms with van der Waals surface area (Å²) in [6.07, 6.45) is 3.22. The maximum atomic E-state index is 14.1. The van der Waals surface area contributed by atoms with Gasteiger partial charge in [-0.2, -0.15) is 0 Å². The van der Waals surface area contributed by atoms with Gasteiger partial charge in [-0.25, -0.2) is 9.79 Å². The molecule has 0 unspecified atom stereocenters. The summed E-state index contributed by atoms with van der Waals surface area (Å²) in [6, 6.07) is 13.6. The average Bonchev–Trinajstić information content (AvgIpc) is 3.32. The van der Waals surface area contributed by atoms with E-state index in [0.29, 0.717) is 61.0 Å². The number of carbonyl (C=O) groups is 1. The van der Waals surface area contributed by atoms with Crippen molar-refractivity contribution >= 4 is 85.1 Å². The van der Waals surface area contributed by atoms with Crippen LogP contribution in [0.25, 0.3) is 6.08 Å². The molecule has 0 N–H and O–H groups in total. The molecule has 234 valence electrons. The summed E-state index contributed by atoms with van der Waals surface area (Å²) in [4.78, 5) is 32.0. The van der Waals surface area contributed by atoms with Crippen molar-refractivity contribution in [1.82, 2.24) is 4.57 Å². The molecule has 0 saturated heterocycles. The van der Waals surface area contributed by atoms with Crippen LogP contribution in [0, 0.1) is 3.57 Å². The highest BCUT2D eigenvalue weighted by Crippen LogP contribution is 2.36. The Balaban J connectivity index is 1.62. The van der Waals surface area contributed by atoms with Crippen LogP contribution in [0.5, 0.6) is 17.2 Å². The smallest absolute Gasteiger partial charge is 0.337 e. The van der Waals surface area contributed by atoms with Crippen molar-refractivity contribution in [3.63, 3.8) is 0 Å². The lowest BCUT2D eigenvalue weighted by molar-refractivity contribution is -0.136. The minimum absolute atomic E-state index is 0.193. The molecule has 1 aromatic heterocycles. The van der Waals surface area contributed by atoms with Gasteiger partial charge in [0.15, 0.2) is 16.3 Å². The van der Waals surface area contributed by atoms with Crippen LogP contribution < -0.4 is 29.1 Å². The summed E-state index contributed by atoms with van der Waals surface area (Å²) in [5, 5.41) is 1.03. The van der Waals surface area contributed by atoms with E-state index in [-0.39, 0.29) is 17.7 Å². The molecule has 3 aromatic carbocycles. The predicted octanol–water partition coefficient (Wildman–Crippen LogP) is 7.07. The Morgan fingerprint density at radius 1 is 1.07 bits per heavy atom. The van der Waals surface area contributed by atoms with Gasteiger partial charge >= 0.3 is 5.97 Å². The van der Waals surface area contributed by atoms with Gasteiger partial charge in [0, 0.05) is 31.8 Å². The second-order valence-corrected chi connectivity index (χ2v) is 13.5. The molecule has 1 aliphatic rings. The number of ether oxygens (including phenoxy) is 4. The lowest BCUT2D eigenvalue weighted by Crippen LogP contribution is -2.39. The lowest BCUT2D eigenvalue weighted by Gasteiger charge is -2.23. The Labute approximate surface area is 295 Å². The first kappa shape index (κ1) is 33.5. The van der Waals surface area contributed by atoms with Crippen molar-refractivity contribution in [3.8, 4) is 17.2 Å². The van der Waals surface area contributed by atoms with Crippen molar-refractivity contribution in [3.05, 3.63) is 115 Å². The van der Waals surface area contributed by atoms with Gasteiger partial charge < -0.3 is 18.9 Å². The van der Waals surface area contributed by atoms with E-state index in [9.17, 15) is 9.59 Å². The number of thiazole rings is 1. The third kappa shape index (κ3) is 7.27. The van der Waals surface area contributed by atoms with Crippen LogP contribution in [0.4, 0.5) is 0 Å². The quantitative estimate of drug-likeness (QED) is 0.126. The molecule has 13 heteroatoms. The summed E-state index contributed by atoms with van der Waals surface area (Å²) in [6.45, 7) is 4.81. The van der Waals surface area contributed by atoms with E-state index < -0.39 is 12.0 Å². The zero-order chi connectivity index (χ0) is 32.2. The second kappa shape index (κ2) is 14.7. The van der Waals surface area contributed by atoms with Crippen LogP contribution in [-0.2, 0) is 16.1 Å². The first-order chi connectivity index (χ1) is 21.6. The molecular weight excluding hydrogens is 818 g/mol. The van der Waals surface area contributed by atoms with Gasteiger partial charge in [0.2, 0.25) is 0 Å². The van der Waals surface area contributed by atoms with Crippen LogP contribution in [0.3, 0.4) is 0 Å². The molecule has 2 heterocycles. The fourth-order valence-electron chi connectivity index (χ4n) is 4.76. The third-order valence-corrected chi connectivity index (χ3v) is 9.56. The minimum atomic E-state index is -0.809. The van der Waals surface area contributed by atoms with Crippen LogP contribution in [0.1, 0.15) is 36.6 Å². The normalized spacial score (nSPS) is 14.3. The number of nitrogens with zero attached hydrogens (tertiary/aromatic N) is 2. The molecule has 0 saturated carbocycles. The summed E-state index contributed by atoms with van der Waals surface area (Å²) in [7, 11) is 1.29. The topological polar surface area (TPSA) is 88.4 Å². The number of rotatable bonds is 10. The van der Waals surface area contributed by atoms with Crippen molar-refractivity contribution in [1.29, 1.82) is 0 Å². The van der Waals surface area contributed by atoms with E-state index >= 15 is 0 Å². The molecule has 1 atom stereocenters. The first-order valence-corrected chi connectivity index (χ1v) is 17.1. The molecule has 8 nitrogen and oxygen atoms in total. The average molecular weight is 844 g/mol. The Bertz CT molecular complexity index is 1990. The van der Waals surface area contributed by atoms with Gasteiger partial charge in [0.25, 0.3) is 5.56 Å². The molecule has 0 fully saturated rings. The largest absolute Gasteiger partial charge is 0.490 e. The van der Waals surface area contributed by atoms with E-state index in [1.54, 1.807) is 30.3 Å². The summed E-state index contributed by atoms with van der Waals surface area (Å²) < 4.78 is 26.4. The summed E-state index contributed by atoms with van der Waals surface area (Å²) in [5.74, 6) is 1.06. The monoisotopic (exact) mass is 842 g/mol. The van der Waals surface area contributed by atoms with Crippen molar-refractivity contribution in [2.45, 2.75) is 26.5 Å². The zero-order valence-corrected chi connectivity index (χ0v) is 30.3. The van der Waals surface area contributed by atoms with Gasteiger partial charge in [-0.05, 0) is 84.5 Å². The van der Waals surface area contributed by atoms with Gasteiger partial charge in [-0.15, -0.1) is 0 Å². The standard InChI is InChI=1S/C32H26BrCl2IN2O6S/c1-4-42-25-9-7-17(11-26(25)43-5-2)28-22(31(40)41-3)15-37-32-38(28)30(39)27(45-32)12-19-10-20(33)13-24(36)29(19)44-16-18-6-8-21(34)14-23(18)35/h6-15,28H,4-5,16H2,1-3H3/b27-12+/t28-/m0/s1. The van der Waals surface area contributed by atoms with Crippen molar-refractivity contribution in [2.24, 2.45) is 4.99 Å². The highest BCUT2D eigenvalue weighted by atomic mass is 127. The first-order valence-electron chi connectivity index (χ1n) is 13.7. The van der Waals surface area contributed by atoms with Crippen molar-refractivity contribution in [2.75, 3.05) is 20.3 Å². The molecule has 0 bridgehead atoms. The SMILES string of the molecule is CCOc1ccc([C@H]2C(C(=O)OC)=CN=c3s/c(=C/c4cc(Br)cc(I)c4OCc4ccc(Cl)cc4Cl)c(=O)n32)cc1OCC. The van der Waals surface area contributed by atoms with Crippen LogP contribution in [0.15, 0.2) is 74.6 Å². The number of methoxy groups -OCH3 is 1. The third-order valence-electron chi connectivity index (χ3n) is 6.72. The van der Waals surface area contributed by atoms with E-state index in [1.807, 2.05) is 38.1 Å². The Morgan fingerprint density at radius 2 is 1.82 bits per heavy atom. The molecule has 1 aliphatic heterocycles. The number of hydrogen-bond acceptors (Lipinski definition) is 8. The fraction of sp³-hybridized carbons (Fsp3) is 0.219. The Morgan fingerprint density at radius 3 is 2.53 bits per heavy atom. The van der Waals surface area contributed by atoms with Crippen LogP contribution in [0.2, 0.25) is 10.0 Å². The number of hydrogen-bond donors (Lipinski definition) is 0. The fourth-order valence-corrected chi connectivity index (χ4v) is 7.89. The Hall–Kier alpha value is -2.84. The van der Waals surface area contributed by atoms with Gasteiger partial charge in [-0.3, -0.25) is 9.36 Å². The summed E-state index contributed by atoms with van der Waals surface area (Å²) in [5.41, 5.74) is 1.97. The van der Waals surface area contributed by atoms with Gasteiger partial charge in [0.05, 0.1) is 40.0 Å². The van der Waals surface area contributed by atoms with E-state index in [1.165, 1.54) is 29.2 Å². The number of esters is 1. The highest BCUT2D eigenvalue weighted by Gasteiger charge is 2.31. The molecular formula is C32H26BrCl2IN2O6S. The number of fused-ring (bicyclic) bond motifs is 1. The molecule has 45 heavy (non-hydrogen) atoms.